The van der Waals surface area contributed by atoms with Crippen molar-refractivity contribution in [1.82, 2.24) is 16.2 Å². The average molecular weight is 512 g/mol. The number of benzene rings is 3. The molecule has 0 unspecified atom stereocenters. The molecule has 0 fully saturated rings. The van der Waals surface area contributed by atoms with Crippen molar-refractivity contribution in [2.24, 2.45) is 0 Å². The van der Waals surface area contributed by atoms with Crippen LogP contribution in [0.4, 0.5) is 0 Å². The molecule has 0 spiro atoms. The van der Waals surface area contributed by atoms with Crippen LogP contribution >= 0.6 is 23.8 Å². The third-order valence-corrected chi connectivity index (χ3v) is 5.74. The molecule has 0 saturated heterocycles. The van der Waals surface area contributed by atoms with Crippen LogP contribution in [0, 0.1) is 13.8 Å². The van der Waals surface area contributed by atoms with E-state index < -0.39 is 11.8 Å². The van der Waals surface area contributed by atoms with Gasteiger partial charge < -0.3 is 9.47 Å². The summed E-state index contributed by atoms with van der Waals surface area (Å²) in [6.45, 7) is 4.01. The third-order valence-electron chi connectivity index (χ3n) is 4.94. The quantitative estimate of drug-likeness (QED) is 0.309. The smallest absolute Gasteiger partial charge is 0.276 e. The van der Waals surface area contributed by atoms with E-state index in [9.17, 15) is 9.59 Å². The SMILES string of the molecule is Cc1cc(OCC(=O)NNC(=S)NC(=O)c2ccc(OCCc3ccccc3)cc2)cc(C)c1Cl. The first-order chi connectivity index (χ1) is 16.8. The minimum atomic E-state index is -0.469. The molecule has 0 aliphatic carbocycles. The highest BCUT2D eigenvalue weighted by atomic mass is 35.5. The molecule has 0 aliphatic rings. The number of carbonyl (C=O) groups excluding carboxylic acids is 2. The lowest BCUT2D eigenvalue weighted by atomic mass is 10.1. The van der Waals surface area contributed by atoms with E-state index >= 15 is 0 Å². The number of halogens is 1. The third kappa shape index (κ3) is 8.27. The van der Waals surface area contributed by atoms with E-state index in [1.807, 2.05) is 44.2 Å². The summed E-state index contributed by atoms with van der Waals surface area (Å²) in [5, 5.41) is 3.11. The molecule has 3 aromatic rings. The van der Waals surface area contributed by atoms with E-state index in [2.05, 4.69) is 16.2 Å². The maximum atomic E-state index is 12.4. The summed E-state index contributed by atoms with van der Waals surface area (Å²) in [5.74, 6) is 0.305. The standard InChI is InChI=1S/C26H26ClN3O4S/c1-17-14-22(15-18(2)24(17)27)34-16-23(31)29-30-26(35)28-25(32)20-8-10-21(11-9-20)33-13-12-19-6-4-3-5-7-19/h3-11,14-15H,12-13,16H2,1-2H3,(H,29,31)(H2,28,30,32,35). The molecular weight excluding hydrogens is 486 g/mol. The molecule has 9 heteroatoms. The fraction of sp³-hybridized carbons (Fsp3) is 0.192. The van der Waals surface area contributed by atoms with Gasteiger partial charge in [-0.15, -0.1) is 0 Å². The first kappa shape index (κ1) is 26.0. The van der Waals surface area contributed by atoms with E-state index in [4.69, 9.17) is 33.3 Å². The monoisotopic (exact) mass is 511 g/mol. The number of ether oxygens (including phenoxy) is 2. The van der Waals surface area contributed by atoms with Crippen LogP contribution < -0.4 is 25.6 Å². The predicted octanol–water partition coefficient (Wildman–Crippen LogP) is 4.29. The molecule has 3 aromatic carbocycles. The number of rotatable bonds is 8. The van der Waals surface area contributed by atoms with Gasteiger partial charge in [0, 0.05) is 17.0 Å². The maximum Gasteiger partial charge on any atom is 0.276 e. The Hall–Kier alpha value is -3.62. The first-order valence-corrected chi connectivity index (χ1v) is 11.7. The lowest BCUT2D eigenvalue weighted by Gasteiger charge is -2.12. The van der Waals surface area contributed by atoms with Crippen LogP contribution in [0.25, 0.3) is 0 Å². The summed E-state index contributed by atoms with van der Waals surface area (Å²) in [7, 11) is 0. The highest BCUT2D eigenvalue weighted by molar-refractivity contribution is 7.80. The average Bonchev–Trinajstić information content (AvgIpc) is 2.85. The predicted molar refractivity (Wildman–Crippen MR) is 140 cm³/mol. The van der Waals surface area contributed by atoms with Crippen molar-refractivity contribution in [3.8, 4) is 11.5 Å². The van der Waals surface area contributed by atoms with Crippen LogP contribution in [0.15, 0.2) is 66.7 Å². The van der Waals surface area contributed by atoms with Crippen LogP contribution in [0.5, 0.6) is 11.5 Å². The maximum absolute atomic E-state index is 12.4. The number of hydrogen-bond donors (Lipinski definition) is 3. The molecule has 0 atom stereocenters. The molecule has 7 nitrogen and oxygen atoms in total. The summed E-state index contributed by atoms with van der Waals surface area (Å²) < 4.78 is 11.2. The number of nitrogens with one attached hydrogen (secondary N) is 3. The fourth-order valence-corrected chi connectivity index (χ4v) is 3.39. The number of thiocarbonyl (C=S) groups is 1. The summed E-state index contributed by atoms with van der Waals surface area (Å²) in [6, 6.07) is 20.3. The molecule has 2 amide bonds. The Morgan fingerprint density at radius 2 is 1.54 bits per heavy atom. The van der Waals surface area contributed by atoms with E-state index in [-0.39, 0.29) is 11.7 Å². The van der Waals surface area contributed by atoms with Crippen molar-refractivity contribution in [3.05, 3.63) is 94.0 Å². The fourth-order valence-electron chi connectivity index (χ4n) is 3.14. The lowest BCUT2D eigenvalue weighted by molar-refractivity contribution is -0.123. The van der Waals surface area contributed by atoms with Crippen molar-refractivity contribution in [3.63, 3.8) is 0 Å². The van der Waals surface area contributed by atoms with Gasteiger partial charge in [-0.25, -0.2) is 0 Å². The summed E-state index contributed by atoms with van der Waals surface area (Å²) in [6.07, 6.45) is 0.790. The number of amides is 2. The molecule has 35 heavy (non-hydrogen) atoms. The minimum Gasteiger partial charge on any atom is -0.493 e. The molecule has 3 rings (SSSR count). The van der Waals surface area contributed by atoms with Crippen molar-refractivity contribution in [2.75, 3.05) is 13.2 Å². The molecule has 0 aliphatic heterocycles. The number of aryl methyl sites for hydroxylation is 2. The molecule has 0 bridgehead atoms. The van der Waals surface area contributed by atoms with Crippen LogP contribution in [0.2, 0.25) is 5.02 Å². The van der Waals surface area contributed by atoms with Crippen LogP contribution in [0.3, 0.4) is 0 Å². The summed E-state index contributed by atoms with van der Waals surface area (Å²) in [4.78, 5) is 24.4. The second-order valence-electron chi connectivity index (χ2n) is 7.72. The topological polar surface area (TPSA) is 88.7 Å². The van der Waals surface area contributed by atoms with Crippen molar-refractivity contribution < 1.29 is 19.1 Å². The molecule has 182 valence electrons. The van der Waals surface area contributed by atoms with E-state index in [0.29, 0.717) is 28.7 Å². The van der Waals surface area contributed by atoms with Gasteiger partial charge in [0.15, 0.2) is 11.7 Å². The zero-order chi connectivity index (χ0) is 25.2. The molecule has 0 heterocycles. The number of hydrogen-bond acceptors (Lipinski definition) is 5. The minimum absolute atomic E-state index is 0.0512. The van der Waals surface area contributed by atoms with Crippen LogP contribution in [-0.2, 0) is 11.2 Å². The van der Waals surface area contributed by atoms with Crippen molar-refractivity contribution >= 4 is 40.7 Å². The van der Waals surface area contributed by atoms with Crippen molar-refractivity contribution in [1.29, 1.82) is 0 Å². The Morgan fingerprint density at radius 3 is 2.20 bits per heavy atom. The van der Waals surface area contributed by atoms with Gasteiger partial charge in [0.1, 0.15) is 11.5 Å². The summed E-state index contributed by atoms with van der Waals surface area (Å²) in [5.41, 5.74) is 8.16. The van der Waals surface area contributed by atoms with E-state index in [0.717, 1.165) is 17.5 Å². The van der Waals surface area contributed by atoms with Gasteiger partial charge in [-0.2, -0.15) is 0 Å². The zero-order valence-corrected chi connectivity index (χ0v) is 21.0. The summed E-state index contributed by atoms with van der Waals surface area (Å²) >= 11 is 11.2. The van der Waals surface area contributed by atoms with Gasteiger partial charge in [0.25, 0.3) is 11.8 Å². The zero-order valence-electron chi connectivity index (χ0n) is 19.4. The number of hydrazine groups is 1. The Balaban J connectivity index is 1.37. The van der Waals surface area contributed by atoms with Gasteiger partial charge in [0.2, 0.25) is 0 Å². The van der Waals surface area contributed by atoms with Crippen LogP contribution in [-0.4, -0.2) is 30.1 Å². The second-order valence-corrected chi connectivity index (χ2v) is 8.51. The largest absolute Gasteiger partial charge is 0.493 e. The van der Waals surface area contributed by atoms with Gasteiger partial charge in [-0.3, -0.25) is 25.8 Å². The van der Waals surface area contributed by atoms with Gasteiger partial charge >= 0.3 is 0 Å². The normalized spacial score (nSPS) is 10.3. The molecule has 0 radical (unpaired) electrons. The van der Waals surface area contributed by atoms with Gasteiger partial charge in [-0.05, 0) is 79.2 Å². The molecular formula is C26H26ClN3O4S. The van der Waals surface area contributed by atoms with E-state index in [1.165, 1.54) is 5.56 Å². The Labute approximate surface area is 214 Å². The molecule has 3 N–H and O–H groups in total. The first-order valence-electron chi connectivity index (χ1n) is 10.9. The number of carbonyl (C=O) groups is 2. The highest BCUT2D eigenvalue weighted by Crippen LogP contribution is 2.25. The van der Waals surface area contributed by atoms with E-state index in [1.54, 1.807) is 36.4 Å². The Morgan fingerprint density at radius 1 is 0.886 bits per heavy atom. The molecule has 0 saturated carbocycles. The second kappa shape index (κ2) is 12.7. The Kier molecular flexibility index (Phi) is 9.46. The van der Waals surface area contributed by atoms with Gasteiger partial charge in [-0.1, -0.05) is 41.9 Å². The van der Waals surface area contributed by atoms with Gasteiger partial charge in [0.05, 0.1) is 6.61 Å². The van der Waals surface area contributed by atoms with Crippen LogP contribution in [0.1, 0.15) is 27.0 Å². The Bertz CT molecular complexity index is 1160. The van der Waals surface area contributed by atoms with Crippen molar-refractivity contribution in [2.45, 2.75) is 20.3 Å². The highest BCUT2D eigenvalue weighted by Gasteiger charge is 2.10. The molecule has 0 aromatic heterocycles. The lowest BCUT2D eigenvalue weighted by Crippen LogP contribution is -2.49.